The Kier molecular flexibility index (Phi) is 4.06. The van der Waals surface area contributed by atoms with Crippen LogP contribution in [-0.2, 0) is 13.0 Å². The van der Waals surface area contributed by atoms with Gasteiger partial charge in [0.05, 0.1) is 6.20 Å². The maximum absolute atomic E-state index is 12.4. The van der Waals surface area contributed by atoms with E-state index in [1.165, 1.54) is 46.6 Å². The molecule has 0 amide bonds. The molecule has 0 spiro atoms. The molecule has 30 heavy (non-hydrogen) atoms. The van der Waals surface area contributed by atoms with E-state index in [2.05, 4.69) is 45.8 Å². The lowest BCUT2D eigenvalue weighted by Gasteiger charge is -2.34. The highest BCUT2D eigenvalue weighted by Gasteiger charge is 2.26. The van der Waals surface area contributed by atoms with Crippen LogP contribution < -0.4 is 0 Å². The first kappa shape index (κ1) is 17.9. The lowest BCUT2D eigenvalue weighted by Crippen LogP contribution is -2.38. The number of hydrogen-bond donors (Lipinski definition) is 0. The minimum absolute atomic E-state index is 0.265. The SMILES string of the molecule is CN(CCn1c2ccc(-c3ncco3)cc2c2c3c(ccc21)C(=O)CC3)C1CCC1. The largest absolute Gasteiger partial charge is 0.445 e. The van der Waals surface area contributed by atoms with E-state index in [0.29, 0.717) is 12.3 Å². The maximum Gasteiger partial charge on any atom is 0.225 e. The van der Waals surface area contributed by atoms with Crippen LogP contribution in [0.3, 0.4) is 0 Å². The number of carbonyl (C=O) groups excluding carboxylic acids is 1. The molecule has 0 bridgehead atoms. The van der Waals surface area contributed by atoms with Crippen LogP contribution in [0, 0.1) is 0 Å². The number of benzene rings is 2. The summed E-state index contributed by atoms with van der Waals surface area (Å²) in [6.45, 7) is 1.97. The summed E-state index contributed by atoms with van der Waals surface area (Å²) in [5, 5.41) is 2.42. The molecule has 2 aromatic heterocycles. The van der Waals surface area contributed by atoms with E-state index in [1.54, 1.807) is 12.5 Å². The lowest BCUT2D eigenvalue weighted by molar-refractivity contribution is 0.0994. The van der Waals surface area contributed by atoms with E-state index in [0.717, 1.165) is 36.7 Å². The van der Waals surface area contributed by atoms with Gasteiger partial charge in [0.25, 0.3) is 0 Å². The fourth-order valence-electron chi connectivity index (χ4n) is 5.16. The Bertz CT molecular complexity index is 1270. The summed E-state index contributed by atoms with van der Waals surface area (Å²) in [5.74, 6) is 0.896. The number of rotatable bonds is 5. The molecule has 0 aliphatic heterocycles. The molecular weight excluding hydrogens is 374 g/mol. The van der Waals surface area contributed by atoms with Crippen LogP contribution in [0.1, 0.15) is 41.6 Å². The van der Waals surface area contributed by atoms with Gasteiger partial charge in [0, 0.05) is 58.5 Å². The van der Waals surface area contributed by atoms with Crippen molar-refractivity contribution in [2.24, 2.45) is 0 Å². The summed E-state index contributed by atoms with van der Waals surface area (Å²) < 4.78 is 7.98. The molecule has 2 aromatic carbocycles. The van der Waals surface area contributed by atoms with Crippen molar-refractivity contribution >= 4 is 27.6 Å². The van der Waals surface area contributed by atoms with Crippen LogP contribution in [-0.4, -0.2) is 39.9 Å². The molecular formula is C25H25N3O2. The molecule has 152 valence electrons. The molecule has 0 saturated heterocycles. The number of ketones is 1. The van der Waals surface area contributed by atoms with Crippen molar-refractivity contribution in [2.75, 3.05) is 13.6 Å². The van der Waals surface area contributed by atoms with Gasteiger partial charge in [-0.15, -0.1) is 0 Å². The van der Waals surface area contributed by atoms with Gasteiger partial charge in [-0.2, -0.15) is 0 Å². The van der Waals surface area contributed by atoms with Crippen molar-refractivity contribution in [1.82, 2.24) is 14.5 Å². The Balaban J connectivity index is 1.52. The van der Waals surface area contributed by atoms with Crippen molar-refractivity contribution in [3.8, 4) is 11.5 Å². The van der Waals surface area contributed by atoms with Crippen molar-refractivity contribution in [1.29, 1.82) is 0 Å². The number of oxazole rings is 1. The predicted octanol–water partition coefficient (Wildman–Crippen LogP) is 5.06. The normalized spacial score (nSPS) is 16.7. The topological polar surface area (TPSA) is 51.3 Å². The van der Waals surface area contributed by atoms with Gasteiger partial charge < -0.3 is 13.9 Å². The summed E-state index contributed by atoms with van der Waals surface area (Å²) >= 11 is 0. The van der Waals surface area contributed by atoms with Crippen LogP contribution in [0.25, 0.3) is 33.3 Å². The Morgan fingerprint density at radius 2 is 2.03 bits per heavy atom. The van der Waals surface area contributed by atoms with Crippen LogP contribution in [0.2, 0.25) is 0 Å². The van der Waals surface area contributed by atoms with Crippen LogP contribution in [0.15, 0.2) is 47.2 Å². The zero-order valence-electron chi connectivity index (χ0n) is 17.2. The van der Waals surface area contributed by atoms with E-state index >= 15 is 0 Å². The van der Waals surface area contributed by atoms with Gasteiger partial charge in [-0.25, -0.2) is 4.98 Å². The standard InChI is InChI=1S/C25H25N3O2/c1-27(17-3-2-4-17)12-13-28-21-8-5-16(25-26-11-14-30-25)15-20(21)24-19-7-10-23(29)18(19)6-9-22(24)28/h5-6,8-9,11,14-15,17H,2-4,7,10,12-13H2,1H3. The monoisotopic (exact) mass is 399 g/mol. The zero-order valence-corrected chi connectivity index (χ0v) is 17.2. The van der Waals surface area contributed by atoms with Gasteiger partial charge in [0.15, 0.2) is 5.78 Å². The fraction of sp³-hybridized carbons (Fsp3) is 0.360. The number of nitrogens with zero attached hydrogens (tertiary/aromatic N) is 3. The third-order valence-corrected chi connectivity index (χ3v) is 7.09. The third kappa shape index (κ3) is 2.65. The number of likely N-dealkylation sites (N-methyl/N-ethyl adjacent to an activating group) is 1. The highest BCUT2D eigenvalue weighted by Crippen LogP contribution is 2.38. The van der Waals surface area contributed by atoms with E-state index < -0.39 is 0 Å². The molecule has 6 rings (SSSR count). The number of fused-ring (bicyclic) bond motifs is 5. The average molecular weight is 399 g/mol. The molecule has 1 fully saturated rings. The number of aryl methyl sites for hydroxylation is 1. The Morgan fingerprint density at radius 1 is 1.17 bits per heavy atom. The Hall–Kier alpha value is -2.92. The molecule has 0 atom stereocenters. The van der Waals surface area contributed by atoms with Crippen molar-refractivity contribution in [3.63, 3.8) is 0 Å². The second-order valence-electron chi connectivity index (χ2n) is 8.70. The van der Waals surface area contributed by atoms with Gasteiger partial charge in [-0.1, -0.05) is 6.42 Å². The van der Waals surface area contributed by atoms with Gasteiger partial charge in [-0.3, -0.25) is 4.79 Å². The minimum atomic E-state index is 0.265. The smallest absolute Gasteiger partial charge is 0.225 e. The van der Waals surface area contributed by atoms with E-state index in [-0.39, 0.29) is 5.78 Å². The number of hydrogen-bond acceptors (Lipinski definition) is 4. The highest BCUT2D eigenvalue weighted by molar-refractivity contribution is 6.15. The molecule has 4 aromatic rings. The first-order chi connectivity index (χ1) is 14.7. The summed E-state index contributed by atoms with van der Waals surface area (Å²) in [7, 11) is 2.24. The van der Waals surface area contributed by atoms with Crippen LogP contribution >= 0.6 is 0 Å². The maximum atomic E-state index is 12.4. The molecule has 0 radical (unpaired) electrons. The van der Waals surface area contributed by atoms with E-state index in [4.69, 9.17) is 4.42 Å². The van der Waals surface area contributed by atoms with Crippen molar-refractivity contribution in [2.45, 2.75) is 44.7 Å². The summed E-state index contributed by atoms with van der Waals surface area (Å²) in [4.78, 5) is 19.2. The summed E-state index contributed by atoms with van der Waals surface area (Å²) in [6.07, 6.45) is 8.72. The molecule has 0 unspecified atom stereocenters. The van der Waals surface area contributed by atoms with E-state index in [1.807, 2.05) is 6.07 Å². The van der Waals surface area contributed by atoms with Crippen LogP contribution in [0.4, 0.5) is 0 Å². The van der Waals surface area contributed by atoms with Crippen LogP contribution in [0.5, 0.6) is 0 Å². The van der Waals surface area contributed by atoms with Crippen molar-refractivity contribution < 1.29 is 9.21 Å². The highest BCUT2D eigenvalue weighted by atomic mass is 16.3. The quantitative estimate of drug-likeness (QED) is 0.471. The molecule has 1 saturated carbocycles. The van der Waals surface area contributed by atoms with Gasteiger partial charge in [0.2, 0.25) is 5.89 Å². The Morgan fingerprint density at radius 3 is 2.80 bits per heavy atom. The van der Waals surface area contributed by atoms with Gasteiger partial charge >= 0.3 is 0 Å². The molecule has 0 N–H and O–H groups in total. The zero-order chi connectivity index (χ0) is 20.2. The molecule has 2 heterocycles. The molecule has 5 heteroatoms. The summed E-state index contributed by atoms with van der Waals surface area (Å²) in [6, 6.07) is 11.4. The second kappa shape index (κ2) is 6.81. The first-order valence-electron chi connectivity index (χ1n) is 10.9. The number of carbonyl (C=O) groups is 1. The summed E-state index contributed by atoms with van der Waals surface area (Å²) in [5.41, 5.74) is 5.52. The second-order valence-corrected chi connectivity index (χ2v) is 8.70. The minimum Gasteiger partial charge on any atom is -0.445 e. The first-order valence-corrected chi connectivity index (χ1v) is 10.9. The van der Waals surface area contributed by atoms with E-state index in [9.17, 15) is 4.79 Å². The third-order valence-electron chi connectivity index (χ3n) is 7.09. The average Bonchev–Trinajstić information content (AvgIpc) is 3.43. The Labute approximate surface area is 175 Å². The lowest BCUT2D eigenvalue weighted by atomic mass is 9.92. The van der Waals surface area contributed by atoms with Crippen molar-refractivity contribution in [3.05, 3.63) is 53.9 Å². The number of Topliss-reactive ketones (excluding diaryl/α,β-unsaturated/α-hetero) is 1. The van der Waals surface area contributed by atoms with Gasteiger partial charge in [0.1, 0.15) is 6.26 Å². The number of aromatic nitrogens is 2. The molecule has 5 nitrogen and oxygen atoms in total. The molecule has 2 aliphatic carbocycles. The molecule has 2 aliphatic rings. The fourth-order valence-corrected chi connectivity index (χ4v) is 5.16. The predicted molar refractivity (Wildman–Crippen MR) is 118 cm³/mol. The van der Waals surface area contributed by atoms with Gasteiger partial charge in [-0.05, 0) is 62.2 Å².